The van der Waals surface area contributed by atoms with Crippen molar-refractivity contribution in [2.24, 2.45) is 0 Å². The molecule has 4 aromatic rings. The fourth-order valence-electron chi connectivity index (χ4n) is 6.63. The summed E-state index contributed by atoms with van der Waals surface area (Å²) >= 11 is 6.24. The number of anilines is 2. The van der Waals surface area contributed by atoms with E-state index in [0.717, 1.165) is 39.7 Å². The van der Waals surface area contributed by atoms with Gasteiger partial charge in [0.05, 0.1) is 48.1 Å². The lowest BCUT2D eigenvalue weighted by Gasteiger charge is -2.45. The lowest BCUT2D eigenvalue weighted by atomic mass is 9.83. The SMILES string of the molecule is CB(O)N1CCN(c2cnn(-c3cc(F)cc(F)c3)c(=O)c2Cl)C(CO)C1.CB(O)N1CCN2c3cnn(-c4cc(F)cc(F)c4)c(=O)c3OCC2C1. The van der Waals surface area contributed by atoms with Gasteiger partial charge in [0.25, 0.3) is 5.56 Å². The van der Waals surface area contributed by atoms with Gasteiger partial charge < -0.3 is 39.3 Å². The molecule has 5 heterocycles. The quantitative estimate of drug-likeness (QED) is 0.192. The number of hydrogen-bond donors (Lipinski definition) is 3. The van der Waals surface area contributed by atoms with Crippen LogP contribution >= 0.6 is 11.6 Å². The maximum Gasteiger partial charge on any atom is 0.376 e. The van der Waals surface area contributed by atoms with Crippen molar-refractivity contribution in [1.82, 2.24) is 29.2 Å². The Balaban J connectivity index is 0.000000181. The predicted octanol–water partition coefficient (Wildman–Crippen LogP) is 1.26. The van der Waals surface area contributed by atoms with Gasteiger partial charge in [0.15, 0.2) is 0 Å². The van der Waals surface area contributed by atoms with Crippen LogP contribution in [0.1, 0.15) is 0 Å². The third-order valence-electron chi connectivity index (χ3n) is 9.33. The third-order valence-corrected chi connectivity index (χ3v) is 9.69. The van der Waals surface area contributed by atoms with Gasteiger partial charge in [-0.15, -0.1) is 0 Å². The van der Waals surface area contributed by atoms with Crippen LogP contribution in [-0.4, -0.2) is 123 Å². The van der Waals surface area contributed by atoms with Crippen molar-refractivity contribution in [3.05, 3.63) is 97.8 Å². The number of fused-ring (bicyclic) bond motifs is 3. The van der Waals surface area contributed by atoms with Gasteiger partial charge in [-0.25, -0.2) is 17.6 Å². The monoisotopic (exact) mass is 760 g/mol. The van der Waals surface area contributed by atoms with E-state index in [-0.39, 0.29) is 41.4 Å². The number of aliphatic hydroxyl groups excluding tert-OH is 1. The Bertz CT molecular complexity index is 2060. The molecular formula is C32H35B2ClF4N8O6. The highest BCUT2D eigenvalue weighted by Gasteiger charge is 2.37. The van der Waals surface area contributed by atoms with Crippen LogP contribution < -0.4 is 25.7 Å². The van der Waals surface area contributed by atoms with Crippen molar-refractivity contribution in [1.29, 1.82) is 0 Å². The molecule has 0 radical (unpaired) electrons. The Hall–Kier alpha value is -4.46. The summed E-state index contributed by atoms with van der Waals surface area (Å²) in [5.74, 6) is -3.14. The fraction of sp³-hybridized carbons (Fsp3) is 0.375. The lowest BCUT2D eigenvalue weighted by Crippen LogP contribution is -2.60. The van der Waals surface area contributed by atoms with Gasteiger partial charge >= 0.3 is 19.7 Å². The van der Waals surface area contributed by atoms with Crippen LogP contribution in [0, 0.1) is 23.3 Å². The Labute approximate surface area is 306 Å². The van der Waals surface area contributed by atoms with Crippen LogP contribution in [0.4, 0.5) is 28.9 Å². The first kappa shape index (κ1) is 38.3. The van der Waals surface area contributed by atoms with E-state index in [1.54, 1.807) is 23.4 Å². The maximum absolute atomic E-state index is 13.5. The first-order valence-corrected chi connectivity index (χ1v) is 17.1. The molecular weight excluding hydrogens is 725 g/mol. The molecule has 21 heteroatoms. The van der Waals surface area contributed by atoms with Crippen LogP contribution in [0.5, 0.6) is 5.75 Å². The summed E-state index contributed by atoms with van der Waals surface area (Å²) in [5.41, 5.74) is -0.495. The van der Waals surface area contributed by atoms with Crippen LogP contribution in [0.15, 0.2) is 58.4 Å². The highest BCUT2D eigenvalue weighted by atomic mass is 35.5. The number of rotatable bonds is 6. The summed E-state index contributed by atoms with van der Waals surface area (Å²) in [5, 5.41) is 37.1. The molecule has 3 aliphatic heterocycles. The molecule has 0 spiro atoms. The molecule has 7 rings (SSSR count). The van der Waals surface area contributed by atoms with Crippen LogP contribution in [-0.2, 0) is 0 Å². The van der Waals surface area contributed by atoms with E-state index in [9.17, 15) is 42.3 Å². The van der Waals surface area contributed by atoms with Crippen molar-refractivity contribution in [2.45, 2.75) is 25.7 Å². The molecule has 2 aromatic heterocycles. The zero-order valence-corrected chi connectivity index (χ0v) is 29.4. The van der Waals surface area contributed by atoms with Gasteiger partial charge in [-0.3, -0.25) is 9.59 Å². The Morgan fingerprint density at radius 3 is 1.77 bits per heavy atom. The van der Waals surface area contributed by atoms with Gasteiger partial charge in [0.1, 0.15) is 40.6 Å². The Morgan fingerprint density at radius 1 is 0.755 bits per heavy atom. The molecule has 14 nitrogen and oxygen atoms in total. The first-order valence-electron chi connectivity index (χ1n) is 16.7. The fourth-order valence-corrected chi connectivity index (χ4v) is 6.87. The third kappa shape index (κ3) is 8.07. The summed E-state index contributed by atoms with van der Waals surface area (Å²) < 4.78 is 61.2. The highest BCUT2D eigenvalue weighted by molar-refractivity contribution is 6.45. The number of benzene rings is 2. The van der Waals surface area contributed by atoms with E-state index in [1.807, 2.05) is 9.71 Å². The molecule has 280 valence electrons. The molecule has 2 aromatic carbocycles. The molecule has 2 atom stereocenters. The van der Waals surface area contributed by atoms with Gasteiger partial charge in [0.2, 0.25) is 5.75 Å². The minimum atomic E-state index is -0.839. The van der Waals surface area contributed by atoms with Crippen LogP contribution in [0.2, 0.25) is 18.7 Å². The Morgan fingerprint density at radius 2 is 1.25 bits per heavy atom. The molecule has 2 fully saturated rings. The molecule has 2 saturated heterocycles. The average molecular weight is 761 g/mol. The largest absolute Gasteiger partial charge is 0.484 e. The summed E-state index contributed by atoms with van der Waals surface area (Å²) in [6.07, 6.45) is 2.80. The topological polar surface area (TPSA) is 153 Å². The van der Waals surface area contributed by atoms with Crippen molar-refractivity contribution < 1.29 is 37.5 Å². The second-order valence-corrected chi connectivity index (χ2v) is 13.2. The van der Waals surface area contributed by atoms with Gasteiger partial charge in [-0.05, 0) is 37.9 Å². The molecule has 0 amide bonds. The van der Waals surface area contributed by atoms with Crippen molar-refractivity contribution in [2.75, 3.05) is 62.3 Å². The van der Waals surface area contributed by atoms with Crippen molar-refractivity contribution in [3.8, 4) is 17.1 Å². The molecule has 2 unspecified atom stereocenters. The second kappa shape index (κ2) is 15.9. The summed E-state index contributed by atoms with van der Waals surface area (Å²) in [7, 11) is -1.21. The molecule has 53 heavy (non-hydrogen) atoms. The second-order valence-electron chi connectivity index (χ2n) is 12.8. The number of aliphatic hydroxyl groups is 1. The van der Waals surface area contributed by atoms with Crippen LogP contribution in [0.3, 0.4) is 0 Å². The Kier molecular flexibility index (Phi) is 11.5. The van der Waals surface area contributed by atoms with E-state index in [0.29, 0.717) is 56.7 Å². The normalized spacial score (nSPS) is 18.8. The molecule has 3 N–H and O–H groups in total. The summed E-state index contributed by atoms with van der Waals surface area (Å²) in [4.78, 5) is 32.8. The minimum Gasteiger partial charge on any atom is -0.484 e. The van der Waals surface area contributed by atoms with Crippen molar-refractivity contribution in [3.63, 3.8) is 0 Å². The van der Waals surface area contributed by atoms with Crippen molar-refractivity contribution >= 4 is 37.1 Å². The number of ether oxygens (including phenoxy) is 1. The number of piperazine rings is 2. The van der Waals surface area contributed by atoms with Crippen LogP contribution in [0.25, 0.3) is 11.4 Å². The van der Waals surface area contributed by atoms with Gasteiger partial charge in [-0.1, -0.05) is 11.6 Å². The van der Waals surface area contributed by atoms with Gasteiger partial charge in [0, 0.05) is 51.4 Å². The number of halogens is 5. The number of nitrogens with zero attached hydrogens (tertiary/aromatic N) is 8. The molecule has 0 bridgehead atoms. The lowest BCUT2D eigenvalue weighted by molar-refractivity contribution is 0.202. The van der Waals surface area contributed by atoms with Gasteiger partial charge in [-0.2, -0.15) is 19.6 Å². The zero-order chi connectivity index (χ0) is 38.1. The predicted molar refractivity (Wildman–Crippen MR) is 190 cm³/mol. The molecule has 3 aliphatic rings. The van der Waals surface area contributed by atoms with E-state index >= 15 is 0 Å². The average Bonchev–Trinajstić information content (AvgIpc) is 3.11. The van der Waals surface area contributed by atoms with E-state index in [4.69, 9.17) is 16.3 Å². The minimum absolute atomic E-state index is 0.0000481. The maximum atomic E-state index is 13.5. The smallest absolute Gasteiger partial charge is 0.376 e. The van der Waals surface area contributed by atoms with E-state index in [2.05, 4.69) is 10.2 Å². The molecule has 0 aliphatic carbocycles. The van der Waals surface area contributed by atoms with E-state index in [1.165, 1.54) is 12.4 Å². The summed E-state index contributed by atoms with van der Waals surface area (Å²) in [6, 6.07) is 5.06. The standard InChI is InChI=1S/C16H18BClF2N4O3.C16H17BF2N4O3/c1-17(27)22-2-3-23(13(8-22)9-25)14-7-21-24(16(26)15(14)18)12-5-10(19)4-11(20)6-12;1-17(25)21-2-3-22-13(8-21)9-26-15-14(22)7-20-23(16(15)24)12-5-10(18)4-11(19)6-12/h4-7,13,25,27H,2-3,8-9H2,1H3;4-7,13,25H,2-3,8-9H2,1H3. The number of aromatic nitrogens is 4. The first-order chi connectivity index (χ1) is 25.2. The van der Waals surface area contributed by atoms with E-state index < -0.39 is 54.5 Å². The summed E-state index contributed by atoms with van der Waals surface area (Å²) in [6.45, 7) is 6.59. The zero-order valence-electron chi connectivity index (χ0n) is 28.6. The highest BCUT2D eigenvalue weighted by Crippen LogP contribution is 2.32. The molecule has 0 saturated carbocycles. The number of hydrogen-bond acceptors (Lipinski definition) is 12.